The topological polar surface area (TPSA) is 58.9 Å². The van der Waals surface area contributed by atoms with Gasteiger partial charge in [0.05, 0.1) is 16.8 Å². The highest BCUT2D eigenvalue weighted by atomic mass is 127. The first-order valence-corrected chi connectivity index (χ1v) is 12.0. The summed E-state index contributed by atoms with van der Waals surface area (Å²) in [4.78, 5) is 0. The lowest BCUT2D eigenvalue weighted by Gasteiger charge is -2.28. The second-order valence-electron chi connectivity index (χ2n) is 7.96. The number of ether oxygens (including phenoxy) is 1. The molecule has 2 aromatic rings. The maximum Gasteiger partial charge on any atom is 0.458 e. The number of rotatable bonds is 9. The van der Waals surface area contributed by atoms with E-state index in [4.69, 9.17) is 9.39 Å². The molecule has 1 aliphatic heterocycles. The molecule has 3 rings (SSSR count). The van der Waals surface area contributed by atoms with Gasteiger partial charge in [-0.15, -0.1) is 0 Å². The van der Waals surface area contributed by atoms with Gasteiger partial charge in [-0.3, -0.25) is 0 Å². The number of hydrogen-bond acceptors (Lipinski definition) is 4. The van der Waals surface area contributed by atoms with Crippen molar-refractivity contribution in [1.29, 1.82) is 0 Å². The van der Waals surface area contributed by atoms with Gasteiger partial charge in [-0.05, 0) is 81.8 Å². The Morgan fingerprint density at radius 1 is 1.28 bits per heavy atom. The molecule has 1 heterocycles. The number of allylic oxidation sites excluding steroid dienone is 2. The maximum absolute atomic E-state index is 10.2. The minimum Gasteiger partial charge on any atom is -0.504 e. The summed E-state index contributed by atoms with van der Waals surface area (Å²) in [6.45, 7) is 6.39. The van der Waals surface area contributed by atoms with E-state index in [0.29, 0.717) is 12.1 Å². The van der Waals surface area contributed by atoms with Gasteiger partial charge < -0.3 is 19.5 Å². The van der Waals surface area contributed by atoms with E-state index in [0.717, 1.165) is 57.1 Å². The number of aromatic hydroxyl groups is 1. The van der Waals surface area contributed by atoms with Crippen LogP contribution < -0.4 is 4.74 Å². The van der Waals surface area contributed by atoms with E-state index in [1.54, 1.807) is 7.11 Å². The third kappa shape index (κ3) is 6.27. The summed E-state index contributed by atoms with van der Waals surface area (Å²) in [7, 11) is 0.782. The monoisotopic (exact) mass is 544 g/mol. The van der Waals surface area contributed by atoms with Crippen LogP contribution in [0.15, 0.2) is 66.3 Å². The first kappa shape index (κ1) is 24.6. The van der Waals surface area contributed by atoms with Crippen molar-refractivity contribution in [1.82, 2.24) is 0 Å². The van der Waals surface area contributed by atoms with Gasteiger partial charge in [0.1, 0.15) is 0 Å². The Labute approximate surface area is 204 Å². The lowest BCUT2D eigenvalue weighted by atomic mass is 9.77. The summed E-state index contributed by atoms with van der Waals surface area (Å²) in [5.74, 6) is 0.607. The zero-order valence-electron chi connectivity index (χ0n) is 18.7. The fourth-order valence-electron chi connectivity index (χ4n) is 3.99. The minimum atomic E-state index is -0.773. The summed E-state index contributed by atoms with van der Waals surface area (Å²) in [5, 5.41) is 20.3. The Morgan fingerprint density at radius 2 is 2.03 bits per heavy atom. The molecule has 6 heteroatoms. The van der Waals surface area contributed by atoms with Crippen molar-refractivity contribution < 1.29 is 19.5 Å². The maximum atomic E-state index is 10.2. The van der Waals surface area contributed by atoms with Crippen LogP contribution in [0.1, 0.15) is 43.7 Å². The van der Waals surface area contributed by atoms with Crippen LogP contribution in [0.4, 0.5) is 0 Å². The summed E-state index contributed by atoms with van der Waals surface area (Å²) >= 11 is 2.11. The molecule has 1 unspecified atom stereocenters. The van der Waals surface area contributed by atoms with E-state index in [1.165, 1.54) is 0 Å². The summed E-state index contributed by atoms with van der Waals surface area (Å²) < 4.78 is 12.0. The molecule has 0 saturated carbocycles. The number of phenolic OH excluding ortho intramolecular Hbond substituents is 1. The van der Waals surface area contributed by atoms with Crippen LogP contribution in [0.2, 0.25) is 6.32 Å². The van der Waals surface area contributed by atoms with Gasteiger partial charge in [0.15, 0.2) is 11.5 Å². The summed E-state index contributed by atoms with van der Waals surface area (Å²) in [5.41, 5.74) is 5.44. The molecule has 0 spiro atoms. The predicted molar refractivity (Wildman–Crippen MR) is 141 cm³/mol. The van der Waals surface area contributed by atoms with Crippen molar-refractivity contribution in [2.45, 2.75) is 45.0 Å². The van der Waals surface area contributed by atoms with Crippen LogP contribution in [0, 0.1) is 3.57 Å². The predicted octanol–water partition coefficient (Wildman–Crippen LogP) is 6.49. The van der Waals surface area contributed by atoms with Gasteiger partial charge in [-0.25, -0.2) is 0 Å². The highest BCUT2D eigenvalue weighted by Gasteiger charge is 2.28. The molecule has 0 saturated heterocycles. The molecule has 0 bridgehead atoms. The van der Waals surface area contributed by atoms with Crippen molar-refractivity contribution in [2.75, 3.05) is 7.11 Å². The molecule has 4 nitrogen and oxygen atoms in total. The fourth-order valence-corrected chi connectivity index (χ4v) is 4.62. The number of benzene rings is 2. The first-order valence-electron chi connectivity index (χ1n) is 11.0. The Kier molecular flexibility index (Phi) is 9.02. The normalized spacial score (nSPS) is 16.6. The molecule has 168 valence electrons. The number of halogens is 1. The van der Waals surface area contributed by atoms with Gasteiger partial charge in [0.2, 0.25) is 0 Å². The molecule has 0 radical (unpaired) electrons. The fraction of sp³-hybridized carbons (Fsp3) is 0.308. The molecule has 0 fully saturated rings. The van der Waals surface area contributed by atoms with Crippen molar-refractivity contribution in [2.24, 2.45) is 0 Å². The average Bonchev–Trinajstić information content (AvgIpc) is 2.79. The third-order valence-electron chi connectivity index (χ3n) is 5.60. The number of phenols is 1. The molecular weight excluding hydrogens is 514 g/mol. The molecule has 1 aliphatic rings. The van der Waals surface area contributed by atoms with Crippen LogP contribution in [0.25, 0.3) is 11.6 Å². The lowest BCUT2D eigenvalue weighted by Crippen LogP contribution is -2.31. The van der Waals surface area contributed by atoms with Crippen LogP contribution in [0.5, 0.6) is 11.5 Å². The zero-order valence-corrected chi connectivity index (χ0v) is 20.8. The van der Waals surface area contributed by atoms with Gasteiger partial charge in [0, 0.05) is 6.32 Å². The van der Waals surface area contributed by atoms with Crippen molar-refractivity contribution in [3.05, 3.63) is 81.0 Å². The van der Waals surface area contributed by atoms with Gasteiger partial charge in [0.25, 0.3) is 0 Å². The largest absolute Gasteiger partial charge is 0.504 e. The minimum absolute atomic E-state index is 0.153. The van der Waals surface area contributed by atoms with E-state index >= 15 is 0 Å². The lowest BCUT2D eigenvalue weighted by molar-refractivity contribution is 0.184. The number of hydrogen-bond donors (Lipinski definition) is 2. The van der Waals surface area contributed by atoms with E-state index in [1.807, 2.05) is 30.3 Å². The Morgan fingerprint density at radius 3 is 2.72 bits per heavy atom. The first-order chi connectivity index (χ1) is 15.4. The third-order valence-corrected chi connectivity index (χ3v) is 6.42. The quantitative estimate of drug-likeness (QED) is 0.216. The summed E-state index contributed by atoms with van der Waals surface area (Å²) in [6.07, 6.45) is 7.98. The van der Waals surface area contributed by atoms with E-state index in [2.05, 4.69) is 60.4 Å². The van der Waals surface area contributed by atoms with E-state index in [9.17, 15) is 10.1 Å². The van der Waals surface area contributed by atoms with Gasteiger partial charge >= 0.3 is 7.12 Å². The molecule has 2 N–H and O–H groups in total. The second kappa shape index (κ2) is 11.7. The molecule has 0 aromatic heterocycles. The second-order valence-corrected chi connectivity index (χ2v) is 9.12. The Balaban J connectivity index is 1.90. The number of methoxy groups -OCH3 is 1. The zero-order chi connectivity index (χ0) is 23.1. The molecule has 0 amide bonds. The SMILES string of the molecule is C=C(CCC)C1=CCB(O)OC1CC/C(=C/c1cc(I)c(O)c(OC)c1)c1ccccc1. The van der Waals surface area contributed by atoms with Gasteiger partial charge in [-0.2, -0.15) is 0 Å². The molecule has 0 aliphatic carbocycles. The Bertz CT molecular complexity index is 1000. The van der Waals surface area contributed by atoms with Gasteiger partial charge in [-0.1, -0.05) is 62.4 Å². The van der Waals surface area contributed by atoms with E-state index in [-0.39, 0.29) is 11.9 Å². The van der Waals surface area contributed by atoms with Crippen LogP contribution >= 0.6 is 22.6 Å². The molecule has 32 heavy (non-hydrogen) atoms. The van der Waals surface area contributed by atoms with Crippen LogP contribution in [-0.4, -0.2) is 30.5 Å². The molecule has 1 atom stereocenters. The smallest absolute Gasteiger partial charge is 0.458 e. The highest BCUT2D eigenvalue weighted by molar-refractivity contribution is 14.1. The van der Waals surface area contributed by atoms with Crippen molar-refractivity contribution in [3.8, 4) is 11.5 Å². The van der Waals surface area contributed by atoms with Crippen LogP contribution in [-0.2, 0) is 4.65 Å². The summed E-state index contributed by atoms with van der Waals surface area (Å²) in [6, 6.07) is 14.0. The molecular formula is C26H30BIO4. The molecule has 2 aromatic carbocycles. The van der Waals surface area contributed by atoms with Crippen LogP contribution in [0.3, 0.4) is 0 Å². The standard InChI is InChI=1S/C26H30BIO4/c1-4-8-18(2)22-13-14-27(30)32-24(22)12-11-21(20-9-6-5-7-10-20)15-19-16-23(28)26(29)25(17-19)31-3/h5-7,9-10,13,15-17,24,29-30H,2,4,8,11-12,14H2,1,3H3/b21-15-. The van der Waals surface area contributed by atoms with E-state index < -0.39 is 7.12 Å². The Hall–Kier alpha value is -2.03. The average molecular weight is 544 g/mol. The van der Waals surface area contributed by atoms with Crippen molar-refractivity contribution in [3.63, 3.8) is 0 Å². The highest BCUT2D eigenvalue weighted by Crippen LogP contribution is 2.35. The van der Waals surface area contributed by atoms with Crippen molar-refractivity contribution >= 4 is 41.4 Å².